The smallest absolute Gasteiger partial charge is 0.264 e. The van der Waals surface area contributed by atoms with E-state index in [1.807, 2.05) is 0 Å². The van der Waals surface area contributed by atoms with Gasteiger partial charge in [0.2, 0.25) is 5.69 Å². The van der Waals surface area contributed by atoms with E-state index < -0.39 is 0 Å². The number of unbranched alkanes of at least 4 members (excludes halogenated alkanes) is 2. The number of benzene rings is 2. The molecule has 7 heteroatoms. The van der Waals surface area contributed by atoms with Crippen LogP contribution in [0.1, 0.15) is 64.5 Å². The summed E-state index contributed by atoms with van der Waals surface area (Å²) in [5, 5.41) is 0. The lowest BCUT2D eigenvalue weighted by molar-refractivity contribution is -0.427. The maximum atomic E-state index is 11.5. The molecular formula is C32H42Cl2N4O. The number of rotatable bonds is 9. The van der Waals surface area contributed by atoms with Crippen LogP contribution >= 0.6 is 0 Å². The van der Waals surface area contributed by atoms with Gasteiger partial charge < -0.3 is 29.7 Å². The summed E-state index contributed by atoms with van der Waals surface area (Å²) in [5.41, 5.74) is 10.3. The van der Waals surface area contributed by atoms with Crippen LogP contribution in [0.2, 0.25) is 0 Å². The van der Waals surface area contributed by atoms with E-state index in [2.05, 4.69) is 134 Å². The van der Waals surface area contributed by atoms with Crippen LogP contribution in [-0.4, -0.2) is 29.8 Å². The van der Waals surface area contributed by atoms with Gasteiger partial charge >= 0.3 is 0 Å². The number of para-hydroxylation sites is 2. The molecule has 0 radical (unpaired) electrons. The Morgan fingerprint density at radius 1 is 0.897 bits per heavy atom. The normalized spacial score (nSPS) is 17.8. The number of quaternary nitrogens is 1. The zero-order chi connectivity index (χ0) is 26.6. The Hall–Kier alpha value is -2.86. The Morgan fingerprint density at radius 3 is 2.26 bits per heavy atom. The zero-order valence-electron chi connectivity index (χ0n) is 23.8. The maximum absolute atomic E-state index is 11.5. The van der Waals surface area contributed by atoms with Crippen molar-refractivity contribution in [3.05, 3.63) is 95.7 Å². The van der Waals surface area contributed by atoms with E-state index in [1.165, 1.54) is 33.9 Å². The predicted octanol–water partition coefficient (Wildman–Crippen LogP) is -0.672. The third-order valence-electron chi connectivity index (χ3n) is 7.95. The van der Waals surface area contributed by atoms with Gasteiger partial charge in [-0.25, -0.2) is 5.43 Å². The molecule has 2 aliphatic rings. The number of allylic oxidation sites excluding steroid dienone is 6. The van der Waals surface area contributed by atoms with E-state index in [-0.39, 0.29) is 41.6 Å². The molecule has 0 unspecified atom stereocenters. The minimum Gasteiger partial charge on any atom is -1.00 e. The molecule has 39 heavy (non-hydrogen) atoms. The second-order valence-electron chi connectivity index (χ2n) is 11.1. The number of fused-ring (bicyclic) bond motifs is 2. The van der Waals surface area contributed by atoms with Crippen LogP contribution in [0.4, 0.5) is 11.4 Å². The highest BCUT2D eigenvalue weighted by molar-refractivity contribution is 6.03. The molecule has 2 heterocycles. The average molecular weight is 570 g/mol. The average Bonchev–Trinajstić information content (AvgIpc) is 3.22. The molecule has 0 aromatic heterocycles. The highest BCUT2D eigenvalue weighted by Crippen LogP contribution is 2.47. The molecule has 210 valence electrons. The first kappa shape index (κ1) is 32.4. The first-order chi connectivity index (χ1) is 17.7. The van der Waals surface area contributed by atoms with Crippen LogP contribution in [0.15, 0.2) is 84.6 Å². The molecule has 0 spiro atoms. The van der Waals surface area contributed by atoms with Crippen LogP contribution in [0.25, 0.3) is 0 Å². The van der Waals surface area contributed by atoms with Gasteiger partial charge in [-0.15, -0.1) is 0 Å². The molecule has 2 aliphatic heterocycles. The molecule has 0 aliphatic carbocycles. The lowest BCUT2D eigenvalue weighted by atomic mass is 9.81. The van der Waals surface area contributed by atoms with Gasteiger partial charge in [-0.1, -0.05) is 74.9 Å². The molecule has 4 rings (SSSR count). The number of hydrogen-bond donors (Lipinski definition) is 2. The van der Waals surface area contributed by atoms with Crippen molar-refractivity contribution in [2.24, 2.45) is 0 Å². The van der Waals surface area contributed by atoms with Gasteiger partial charge in [0.1, 0.15) is 7.05 Å². The largest absolute Gasteiger partial charge is 1.00 e. The van der Waals surface area contributed by atoms with Crippen molar-refractivity contribution in [3.8, 4) is 0 Å². The highest BCUT2D eigenvalue weighted by Gasteiger charge is 2.42. The zero-order valence-corrected chi connectivity index (χ0v) is 25.3. The van der Waals surface area contributed by atoms with E-state index in [4.69, 9.17) is 0 Å². The number of nitrogens with one attached hydrogen (secondary N) is 1. The molecule has 2 aromatic carbocycles. The molecule has 5 nitrogen and oxygen atoms in total. The maximum Gasteiger partial charge on any atom is 0.264 e. The third-order valence-corrected chi connectivity index (χ3v) is 7.95. The summed E-state index contributed by atoms with van der Waals surface area (Å²) in [5.74, 6) is 3.47. The molecule has 0 bridgehead atoms. The van der Waals surface area contributed by atoms with E-state index in [0.717, 1.165) is 25.8 Å². The van der Waals surface area contributed by atoms with Crippen molar-refractivity contribution in [2.75, 3.05) is 18.5 Å². The number of amides is 1. The summed E-state index contributed by atoms with van der Waals surface area (Å²) in [6.45, 7) is 10.1. The lowest BCUT2D eigenvalue weighted by Crippen LogP contribution is -3.00. The molecule has 4 N–H and O–H groups in total. The van der Waals surface area contributed by atoms with Crippen LogP contribution in [0.5, 0.6) is 0 Å². The van der Waals surface area contributed by atoms with E-state index in [9.17, 15) is 4.79 Å². The first-order valence-electron chi connectivity index (χ1n) is 13.4. The lowest BCUT2D eigenvalue weighted by Gasteiger charge is -2.27. The van der Waals surface area contributed by atoms with Gasteiger partial charge in [-0.2, -0.15) is 4.58 Å². The Bertz CT molecular complexity index is 1290. The summed E-state index contributed by atoms with van der Waals surface area (Å²) in [6.07, 6.45) is 14.5. The number of nitrogens with zero attached hydrogens (tertiary/aromatic N) is 2. The Balaban J connectivity index is 0.00000267. The number of anilines is 1. The molecule has 1 amide bonds. The third kappa shape index (κ3) is 6.49. The van der Waals surface area contributed by atoms with Crippen molar-refractivity contribution in [1.82, 2.24) is 5.43 Å². The standard InChI is InChI=1S/C32H40N4O.2ClH/c1-31(2)24-16-11-13-18-26(24)35(5)28(31)20-8-6-9-21-29-32(3,4)25-17-12-14-19-27(25)36(29)23-15-7-10-22-30(37)34-33;;/h6,8-9,11-14,16-21H,7,10,15,22-23,33H2,1-5H3;2*1H. The highest BCUT2D eigenvalue weighted by atomic mass is 35.5. The molecular weight excluding hydrogens is 527 g/mol. The van der Waals surface area contributed by atoms with Gasteiger partial charge in [0, 0.05) is 47.5 Å². The number of carbonyl (C=O) groups excluding carboxylic acids is 1. The fourth-order valence-electron chi connectivity index (χ4n) is 5.86. The second-order valence-corrected chi connectivity index (χ2v) is 11.1. The Kier molecular flexibility index (Phi) is 11.2. The second kappa shape index (κ2) is 13.5. The fraction of sp³-hybridized carbons (Fsp3) is 0.375. The van der Waals surface area contributed by atoms with Gasteiger partial charge in [0.05, 0.1) is 5.41 Å². The predicted molar refractivity (Wildman–Crippen MR) is 153 cm³/mol. The monoisotopic (exact) mass is 568 g/mol. The van der Waals surface area contributed by atoms with Gasteiger partial charge in [-0.3, -0.25) is 10.6 Å². The van der Waals surface area contributed by atoms with Crippen LogP contribution in [0, 0.1) is 0 Å². The number of halogens is 2. The topological polar surface area (TPSA) is 63.0 Å². The summed E-state index contributed by atoms with van der Waals surface area (Å²) in [7, 11) is 2.15. The Labute approximate surface area is 246 Å². The van der Waals surface area contributed by atoms with Gasteiger partial charge in [-0.05, 0) is 44.4 Å². The van der Waals surface area contributed by atoms with Crippen molar-refractivity contribution in [3.63, 3.8) is 0 Å². The van der Waals surface area contributed by atoms with E-state index >= 15 is 0 Å². The van der Waals surface area contributed by atoms with E-state index in [0.29, 0.717) is 6.42 Å². The van der Waals surface area contributed by atoms with Crippen molar-refractivity contribution in [2.45, 2.75) is 64.2 Å². The SMILES string of the molecule is C[N+]1=C(/C=C/C=C/C=C2\N(CCCCCC(=O)N[NH3+])c3ccccc3C2(C)C)C(C)(C)c2ccccc21.[Cl-].[Cl-]. The van der Waals surface area contributed by atoms with Crippen LogP contribution in [-0.2, 0) is 15.6 Å². The minimum absolute atomic E-state index is 0. The molecule has 0 saturated carbocycles. The molecule has 0 atom stereocenters. The number of hydrogen-bond acceptors (Lipinski definition) is 2. The summed E-state index contributed by atoms with van der Waals surface area (Å²) >= 11 is 0. The van der Waals surface area contributed by atoms with Gasteiger partial charge in [0.15, 0.2) is 5.71 Å². The van der Waals surface area contributed by atoms with Crippen molar-refractivity contribution in [1.29, 1.82) is 0 Å². The van der Waals surface area contributed by atoms with Gasteiger partial charge in [0.25, 0.3) is 5.91 Å². The fourth-order valence-corrected chi connectivity index (χ4v) is 5.86. The quantitative estimate of drug-likeness (QED) is 0.182. The summed E-state index contributed by atoms with van der Waals surface area (Å²) in [4.78, 5) is 14.0. The summed E-state index contributed by atoms with van der Waals surface area (Å²) in [6, 6.07) is 17.4. The molecule has 2 aromatic rings. The van der Waals surface area contributed by atoms with Crippen LogP contribution in [0.3, 0.4) is 0 Å². The van der Waals surface area contributed by atoms with Crippen molar-refractivity contribution < 1.29 is 40.0 Å². The molecule has 0 fully saturated rings. The first-order valence-corrected chi connectivity index (χ1v) is 13.4. The molecule has 0 saturated heterocycles. The number of carbonyl (C=O) groups is 1. The minimum atomic E-state index is -0.0670. The summed E-state index contributed by atoms with van der Waals surface area (Å²) < 4.78 is 2.30. The van der Waals surface area contributed by atoms with E-state index in [1.54, 1.807) is 0 Å². The van der Waals surface area contributed by atoms with Crippen LogP contribution < -0.4 is 41.0 Å². The Morgan fingerprint density at radius 2 is 1.56 bits per heavy atom. The van der Waals surface area contributed by atoms with Crippen molar-refractivity contribution >= 4 is 23.0 Å².